The molecule has 0 rings (SSSR count). The Morgan fingerprint density at radius 1 is 1.50 bits per heavy atom. The van der Waals surface area contributed by atoms with E-state index in [4.69, 9.17) is 0.879 Å². The Labute approximate surface area is 64.0 Å². The van der Waals surface area contributed by atoms with Crippen LogP contribution in [0.1, 0.15) is 0 Å². The molecule has 0 aliphatic rings. The summed E-state index contributed by atoms with van der Waals surface area (Å²) in [5.41, 5.74) is 0. The van der Waals surface area contributed by atoms with E-state index in [1.165, 1.54) is 0 Å². The van der Waals surface area contributed by atoms with Crippen LogP contribution in [0.2, 0.25) is 0 Å². The van der Waals surface area contributed by atoms with E-state index in [1.807, 2.05) is 0 Å². The summed E-state index contributed by atoms with van der Waals surface area (Å²) in [5.74, 6) is 0. The maximum absolute atomic E-state index is 7.07. The Bertz CT molecular complexity index is 22.4. The molecule has 0 aliphatic heterocycles. The molecule has 0 fully saturated rings. The van der Waals surface area contributed by atoms with Crippen LogP contribution in [0.4, 0.5) is 0 Å². The molecule has 0 unspecified atom stereocenters. The molecule has 0 saturated heterocycles. The van der Waals surface area contributed by atoms with Crippen LogP contribution in [0.25, 0.3) is 0 Å². The van der Waals surface area contributed by atoms with Gasteiger partial charge in [0.25, 0.3) is 0 Å². The molecular formula is HI3V. The van der Waals surface area contributed by atoms with Crippen molar-refractivity contribution in [3.05, 3.63) is 0 Å². The standard InChI is InChI=1S/3HI.V.H/h3*1H;;/q;;;+3;/p-3/i;;;;1+1. The molecule has 0 bridgehead atoms. The van der Waals surface area contributed by atoms with Gasteiger partial charge < -0.3 is 0 Å². The summed E-state index contributed by atoms with van der Waals surface area (Å²) in [4.78, 5) is 0. The predicted octanol–water partition coefficient (Wildman–Crippen LogP) is 2.39. The van der Waals surface area contributed by atoms with Crippen LogP contribution in [0, 0.1) is 0 Å². The normalized spacial score (nSPS) is 15.2. The van der Waals surface area contributed by atoms with Gasteiger partial charge in [-0.1, -0.05) is 0 Å². The molecule has 0 heterocycles. The fourth-order valence-corrected chi connectivity index (χ4v) is 0. The van der Waals surface area contributed by atoms with Crippen LogP contribution in [-0.4, -0.2) is 0.879 Å². The molecule has 0 atom stereocenters. The number of rotatable bonds is 0. The van der Waals surface area contributed by atoms with Gasteiger partial charge in [-0.3, -0.25) is 0 Å². The van der Waals surface area contributed by atoms with Gasteiger partial charge >= 0.3 is 65.6 Å². The first-order chi connectivity index (χ1) is 2.00. The minimum absolute atomic E-state index is 1.72. The summed E-state index contributed by atoms with van der Waals surface area (Å²) in [6.45, 7) is 0. The number of hydrogen-bond donors (Lipinski definition) is 0. The van der Waals surface area contributed by atoms with E-state index in [-0.39, 0.29) is 0 Å². The molecule has 0 radical (unpaired) electrons. The molecular weight excluding hydrogens is 432 g/mol. The van der Waals surface area contributed by atoms with Crippen LogP contribution in [0.15, 0.2) is 0 Å². The fraction of sp³-hybridized carbons (Fsp3) is 0. The average molecular weight is 434 g/mol. The molecule has 0 aromatic carbocycles. The van der Waals surface area contributed by atoms with Crippen molar-refractivity contribution in [3.63, 3.8) is 0 Å². The quantitative estimate of drug-likeness (QED) is 0.515. The average Bonchev–Trinajstić information content (AvgIpc) is 0.722. The summed E-state index contributed by atoms with van der Waals surface area (Å²) in [6.07, 6.45) is 0. The number of hydrogen-bond acceptors (Lipinski definition) is 0. The van der Waals surface area contributed by atoms with E-state index in [0.29, 0.717) is 0 Å². The van der Waals surface area contributed by atoms with Crippen molar-refractivity contribution >= 4 is 59.9 Å². The Morgan fingerprint density at radius 3 is 1.50 bits per heavy atom. The van der Waals surface area contributed by atoms with E-state index in [2.05, 4.69) is 59.9 Å². The second-order valence-corrected chi connectivity index (χ2v) is 35.6. The van der Waals surface area contributed by atoms with Crippen LogP contribution < -0.4 is 0 Å². The second-order valence-electron chi connectivity index (χ2n) is 0.192. The van der Waals surface area contributed by atoms with Crippen molar-refractivity contribution in [2.45, 2.75) is 0 Å². The van der Waals surface area contributed by atoms with Gasteiger partial charge in [0.2, 0.25) is 0 Å². The molecule has 0 aromatic rings. The van der Waals surface area contributed by atoms with Crippen LogP contribution >= 0.6 is 59.9 Å². The molecule has 4 heavy (non-hydrogen) atoms. The van der Waals surface area contributed by atoms with Crippen LogP contribution in [-0.2, 0) is 4.77 Å². The molecule has 4 heteroatoms. The Morgan fingerprint density at radius 2 is 1.50 bits per heavy atom. The van der Waals surface area contributed by atoms with Gasteiger partial charge in [0, 0.05) is 0 Å². The van der Waals surface area contributed by atoms with Gasteiger partial charge in [0.1, 0.15) is 0 Å². The molecule has 0 nitrogen and oxygen atoms in total. The van der Waals surface area contributed by atoms with Crippen molar-refractivity contribution in [3.8, 4) is 0 Å². The zero-order valence-corrected chi connectivity index (χ0v) is 9.45. The third-order valence-corrected chi connectivity index (χ3v) is 0. The summed E-state index contributed by atoms with van der Waals surface area (Å²) in [6, 6.07) is 0. The topological polar surface area (TPSA) is 0 Å². The zero-order valence-electron chi connectivity index (χ0n) is 2.58. The van der Waals surface area contributed by atoms with Crippen molar-refractivity contribution in [2.75, 3.05) is 0 Å². The third kappa shape index (κ3) is 8.84. The van der Waals surface area contributed by atoms with Gasteiger partial charge in [0.15, 0.2) is 0 Å². The summed E-state index contributed by atoms with van der Waals surface area (Å²) in [7, 11) is 0. The van der Waals surface area contributed by atoms with Crippen molar-refractivity contribution in [2.24, 2.45) is 0 Å². The predicted molar refractivity (Wildman–Crippen MR) is 43.5 cm³/mol. The second kappa shape index (κ2) is 3.95. The number of halogens is 3. The summed E-state index contributed by atoms with van der Waals surface area (Å²) in [5, 5.41) is 0. The molecule has 0 aromatic heterocycles. The van der Waals surface area contributed by atoms with E-state index in [9.17, 15) is 0 Å². The minimum atomic E-state index is -1.72. The zero-order chi connectivity index (χ0) is 4.50. The molecule has 27 valence electrons. The van der Waals surface area contributed by atoms with Gasteiger partial charge in [-0.2, -0.15) is 0 Å². The first-order valence-corrected chi connectivity index (χ1v) is 14.0. The van der Waals surface area contributed by atoms with Crippen molar-refractivity contribution in [1.82, 2.24) is 0 Å². The Kier molecular flexibility index (Phi) is 4.86. The molecule has 0 aliphatic carbocycles. The SMILES string of the molecule is [2H][V]([I])([I])[I]. The fourth-order valence-electron chi connectivity index (χ4n) is 0. The Hall–Kier alpha value is 2.77. The van der Waals surface area contributed by atoms with Gasteiger partial charge in [-0.25, -0.2) is 0 Å². The third-order valence-electron chi connectivity index (χ3n) is 0. The molecule has 0 spiro atoms. The van der Waals surface area contributed by atoms with E-state index in [0.717, 1.165) is 0 Å². The van der Waals surface area contributed by atoms with Crippen LogP contribution in [0.5, 0.6) is 0 Å². The summed E-state index contributed by atoms with van der Waals surface area (Å²) >= 11 is 6.57. The van der Waals surface area contributed by atoms with E-state index in [1.54, 1.807) is 0 Å². The molecule has 0 amide bonds. The van der Waals surface area contributed by atoms with Gasteiger partial charge in [-0.05, 0) is 0 Å². The van der Waals surface area contributed by atoms with Crippen molar-refractivity contribution in [1.29, 1.82) is 0.879 Å². The van der Waals surface area contributed by atoms with E-state index < -0.39 is 4.77 Å². The van der Waals surface area contributed by atoms with Crippen molar-refractivity contribution < 1.29 is 4.77 Å². The molecule has 0 N–H and O–H groups in total. The van der Waals surface area contributed by atoms with Gasteiger partial charge in [-0.15, -0.1) is 0 Å². The van der Waals surface area contributed by atoms with E-state index >= 15 is 0 Å². The maximum atomic E-state index is 7.07. The monoisotopic (exact) mass is 434 g/mol. The first kappa shape index (κ1) is 4.92. The van der Waals surface area contributed by atoms with Gasteiger partial charge in [0.05, 0.1) is 0 Å². The summed E-state index contributed by atoms with van der Waals surface area (Å²) < 4.78 is 5.35. The molecule has 0 saturated carbocycles. The van der Waals surface area contributed by atoms with Crippen LogP contribution in [0.3, 0.4) is 0 Å². The first-order valence-electron chi connectivity index (χ1n) is 0.954. The Balaban J connectivity index is 3.02.